The molecule has 0 unspecified atom stereocenters. The van der Waals surface area contributed by atoms with Gasteiger partial charge < -0.3 is 25.4 Å². The Labute approximate surface area is 268 Å². The van der Waals surface area contributed by atoms with E-state index in [0.29, 0.717) is 56.6 Å². The van der Waals surface area contributed by atoms with Crippen molar-refractivity contribution in [1.29, 1.82) is 0 Å². The molecule has 4 aromatic rings. The van der Waals surface area contributed by atoms with E-state index in [9.17, 15) is 18.0 Å². The van der Waals surface area contributed by atoms with Gasteiger partial charge >= 0.3 is 18.2 Å². The minimum Gasteiger partial charge on any atom is -0.467 e. The number of amides is 2. The fourth-order valence-electron chi connectivity index (χ4n) is 5.39. The summed E-state index contributed by atoms with van der Waals surface area (Å²) in [6.07, 6.45) is 5.00. The van der Waals surface area contributed by atoms with Gasteiger partial charge in [0.2, 0.25) is 11.9 Å². The van der Waals surface area contributed by atoms with E-state index < -0.39 is 11.7 Å². The number of rotatable bonds is 10. The van der Waals surface area contributed by atoms with E-state index in [1.54, 1.807) is 29.7 Å². The summed E-state index contributed by atoms with van der Waals surface area (Å²) in [5.41, 5.74) is 1.37. The number of hydrogen-bond donors (Lipinski definition) is 3. The smallest absolute Gasteiger partial charge is 0.421 e. The Morgan fingerprint density at radius 2 is 1.55 bits per heavy atom. The third-order valence-electron chi connectivity index (χ3n) is 7.97. The number of nitrogens with zero attached hydrogens (tertiary/aromatic N) is 7. The van der Waals surface area contributed by atoms with Crippen molar-refractivity contribution < 1.29 is 27.4 Å². The van der Waals surface area contributed by atoms with Gasteiger partial charge in [-0.3, -0.25) is 4.90 Å². The summed E-state index contributed by atoms with van der Waals surface area (Å²) in [6.45, 7) is 0.945. The summed E-state index contributed by atoms with van der Waals surface area (Å²) in [5.74, 6) is 0.0649. The lowest BCUT2D eigenvalue weighted by molar-refractivity contribution is -0.137. The summed E-state index contributed by atoms with van der Waals surface area (Å²) >= 11 is 0. The lowest BCUT2D eigenvalue weighted by Gasteiger charge is -2.36. The van der Waals surface area contributed by atoms with Crippen molar-refractivity contribution in [3.8, 4) is 17.1 Å². The number of urea groups is 1. The quantitative estimate of drug-likeness (QED) is 0.219. The first-order valence-corrected chi connectivity index (χ1v) is 15.1. The number of halogens is 3. The molecule has 4 heterocycles. The Balaban J connectivity index is 1.15. The second-order valence-corrected chi connectivity index (χ2v) is 11.2. The number of carbonyl (C=O) groups excluding carboxylic acids is 1. The molecule has 0 atom stereocenters. The molecule has 2 fully saturated rings. The molecule has 0 spiro atoms. The summed E-state index contributed by atoms with van der Waals surface area (Å²) in [7, 11) is 1.48. The summed E-state index contributed by atoms with van der Waals surface area (Å²) in [5, 5.41) is 8.98. The Kier molecular flexibility index (Phi) is 9.56. The number of benzene rings is 1. The molecule has 1 aromatic carbocycles. The molecule has 6 rings (SSSR count). The van der Waals surface area contributed by atoms with E-state index in [-0.39, 0.29) is 47.9 Å². The number of aromatic nitrogens is 6. The SMILES string of the molecule is COc1ncc(-c2cnc(N(C(=O)NCc3ccccc3)C3CCC(Nc4ncc(C(F)(F)F)c(NC5COC5)n4)CC3)nc2)cn1. The molecule has 16 heteroatoms. The topological polar surface area (TPSA) is 152 Å². The van der Waals surface area contributed by atoms with Crippen LogP contribution in [0.4, 0.5) is 35.7 Å². The first-order chi connectivity index (χ1) is 22.8. The van der Waals surface area contributed by atoms with Gasteiger partial charge in [0.25, 0.3) is 0 Å². The van der Waals surface area contributed by atoms with Gasteiger partial charge in [0.15, 0.2) is 0 Å². The molecule has 1 saturated carbocycles. The van der Waals surface area contributed by atoms with Crippen molar-refractivity contribution in [1.82, 2.24) is 35.2 Å². The van der Waals surface area contributed by atoms with Crippen LogP contribution in [0.15, 0.2) is 61.3 Å². The maximum absolute atomic E-state index is 13.6. The highest BCUT2D eigenvalue weighted by molar-refractivity contribution is 5.90. The molecule has 246 valence electrons. The van der Waals surface area contributed by atoms with E-state index in [1.807, 2.05) is 30.3 Å². The Bertz CT molecular complexity index is 1630. The zero-order valence-electron chi connectivity index (χ0n) is 25.4. The first kappa shape index (κ1) is 31.8. The lowest BCUT2D eigenvalue weighted by Crippen LogP contribution is -2.49. The molecule has 0 radical (unpaired) electrons. The van der Waals surface area contributed by atoms with Crippen molar-refractivity contribution in [3.05, 3.63) is 72.4 Å². The average molecular weight is 651 g/mol. The van der Waals surface area contributed by atoms with E-state index in [2.05, 4.69) is 45.9 Å². The summed E-state index contributed by atoms with van der Waals surface area (Å²) in [4.78, 5) is 40.6. The highest BCUT2D eigenvalue weighted by atomic mass is 19.4. The van der Waals surface area contributed by atoms with Crippen LogP contribution in [0.5, 0.6) is 6.01 Å². The van der Waals surface area contributed by atoms with Crippen molar-refractivity contribution in [2.75, 3.05) is 35.9 Å². The highest BCUT2D eigenvalue weighted by Crippen LogP contribution is 2.35. The zero-order chi connectivity index (χ0) is 32.8. The standard InChI is InChI=1S/C31H33F3N10O3/c1-46-29-38-14-21(15-39-29)20-12-36-28(37-13-20)44(30(45)40-11-19-5-3-2-4-6-19)24-9-7-22(8-10-24)42-27-35-16-25(31(32,33)34)26(43-27)41-23-17-47-18-23/h2-6,12-16,22-24H,7-11,17-18H2,1H3,(H,40,45)(H2,35,41,42,43). The van der Waals surface area contributed by atoms with Gasteiger partial charge in [-0.1, -0.05) is 30.3 Å². The third kappa shape index (κ3) is 7.82. The molecule has 47 heavy (non-hydrogen) atoms. The molecule has 3 N–H and O–H groups in total. The average Bonchev–Trinajstić information content (AvgIpc) is 3.07. The number of carbonyl (C=O) groups is 1. The van der Waals surface area contributed by atoms with Gasteiger partial charge in [0.05, 0.1) is 26.4 Å². The van der Waals surface area contributed by atoms with E-state index >= 15 is 0 Å². The number of nitrogens with one attached hydrogen (secondary N) is 3. The number of hydrogen-bond acceptors (Lipinski definition) is 11. The van der Waals surface area contributed by atoms with Gasteiger partial charge in [-0.15, -0.1) is 0 Å². The minimum atomic E-state index is -4.60. The molecule has 0 bridgehead atoms. The van der Waals surface area contributed by atoms with Gasteiger partial charge in [-0.25, -0.2) is 29.7 Å². The fourth-order valence-corrected chi connectivity index (χ4v) is 5.39. The molecule has 1 aliphatic heterocycles. The lowest BCUT2D eigenvalue weighted by atomic mass is 9.90. The van der Waals surface area contributed by atoms with Crippen LogP contribution < -0.4 is 25.6 Å². The molecular weight excluding hydrogens is 617 g/mol. The van der Waals surface area contributed by atoms with Crippen LogP contribution in [0.2, 0.25) is 0 Å². The predicted molar refractivity (Wildman–Crippen MR) is 166 cm³/mol. The fraction of sp³-hybridized carbons (Fsp3) is 0.387. The Morgan fingerprint density at radius 1 is 0.894 bits per heavy atom. The largest absolute Gasteiger partial charge is 0.467 e. The Morgan fingerprint density at radius 3 is 2.15 bits per heavy atom. The van der Waals surface area contributed by atoms with Crippen molar-refractivity contribution in [2.24, 2.45) is 0 Å². The molecule has 2 amide bonds. The maximum atomic E-state index is 13.6. The predicted octanol–water partition coefficient (Wildman–Crippen LogP) is 4.70. The van der Waals surface area contributed by atoms with Crippen molar-refractivity contribution in [3.63, 3.8) is 0 Å². The first-order valence-electron chi connectivity index (χ1n) is 15.1. The molecule has 1 aliphatic carbocycles. The molecule has 2 aliphatic rings. The Hall–Kier alpha value is -5.12. The maximum Gasteiger partial charge on any atom is 0.421 e. The summed E-state index contributed by atoms with van der Waals surface area (Å²) < 4.78 is 50.9. The second kappa shape index (κ2) is 14.1. The van der Waals surface area contributed by atoms with E-state index in [4.69, 9.17) is 9.47 Å². The van der Waals surface area contributed by atoms with Crippen LogP contribution in [0.1, 0.15) is 36.8 Å². The molecule has 3 aromatic heterocycles. The second-order valence-electron chi connectivity index (χ2n) is 11.2. The van der Waals surface area contributed by atoms with Crippen LogP contribution in [0.25, 0.3) is 11.1 Å². The van der Waals surface area contributed by atoms with Crippen LogP contribution in [0, 0.1) is 0 Å². The van der Waals surface area contributed by atoms with Crippen molar-refractivity contribution in [2.45, 2.75) is 56.5 Å². The molecule has 13 nitrogen and oxygen atoms in total. The number of ether oxygens (including phenoxy) is 2. The van der Waals surface area contributed by atoms with Gasteiger partial charge in [0.1, 0.15) is 11.4 Å². The molecular formula is C31H33F3N10O3. The molecule has 1 saturated heterocycles. The van der Waals surface area contributed by atoms with Crippen LogP contribution in [0.3, 0.4) is 0 Å². The van der Waals surface area contributed by atoms with Crippen molar-refractivity contribution >= 4 is 23.7 Å². The minimum absolute atomic E-state index is 0.100. The third-order valence-corrected chi connectivity index (χ3v) is 7.97. The normalized spacial score (nSPS) is 18.1. The van der Waals surface area contributed by atoms with Crippen LogP contribution in [-0.2, 0) is 17.5 Å². The van der Waals surface area contributed by atoms with Gasteiger partial charge in [0, 0.05) is 60.7 Å². The number of methoxy groups -OCH3 is 1. The van der Waals surface area contributed by atoms with E-state index in [0.717, 1.165) is 11.8 Å². The van der Waals surface area contributed by atoms with Crippen LogP contribution in [-0.4, -0.2) is 74.4 Å². The van der Waals surface area contributed by atoms with Gasteiger partial charge in [-0.2, -0.15) is 18.2 Å². The number of alkyl halides is 3. The summed E-state index contributed by atoms with van der Waals surface area (Å²) in [6, 6.07) is 8.87. The zero-order valence-corrected chi connectivity index (χ0v) is 25.4. The highest BCUT2D eigenvalue weighted by Gasteiger charge is 2.37. The monoisotopic (exact) mass is 650 g/mol. The van der Waals surface area contributed by atoms with Crippen LogP contribution >= 0.6 is 0 Å². The van der Waals surface area contributed by atoms with Gasteiger partial charge in [-0.05, 0) is 31.2 Å². The number of anilines is 3. The van der Waals surface area contributed by atoms with E-state index in [1.165, 1.54) is 7.11 Å².